The van der Waals surface area contributed by atoms with E-state index < -0.39 is 0 Å². The summed E-state index contributed by atoms with van der Waals surface area (Å²) >= 11 is 0. The van der Waals surface area contributed by atoms with Crippen LogP contribution >= 0.6 is 0 Å². The van der Waals surface area contributed by atoms with Crippen molar-refractivity contribution in [3.05, 3.63) is 30.1 Å². The van der Waals surface area contributed by atoms with Gasteiger partial charge < -0.3 is 4.98 Å². The molecule has 1 fully saturated rings. The number of nitrogens with zero attached hydrogens (tertiary/aromatic N) is 1. The normalized spacial score (nSPS) is 24.5. The molecule has 2 heteroatoms. The van der Waals surface area contributed by atoms with E-state index >= 15 is 0 Å². The van der Waals surface area contributed by atoms with E-state index in [0.29, 0.717) is 0 Å². The average molecular weight is 242 g/mol. The van der Waals surface area contributed by atoms with Gasteiger partial charge in [0.25, 0.3) is 0 Å². The number of para-hydroxylation sites is 2. The molecule has 1 saturated carbocycles. The van der Waals surface area contributed by atoms with Crippen LogP contribution in [0.5, 0.6) is 0 Å². The van der Waals surface area contributed by atoms with Crippen molar-refractivity contribution in [3.8, 4) is 0 Å². The van der Waals surface area contributed by atoms with Crippen LogP contribution < -0.4 is 0 Å². The molecule has 1 aliphatic carbocycles. The van der Waals surface area contributed by atoms with Crippen molar-refractivity contribution in [1.82, 2.24) is 9.97 Å². The van der Waals surface area contributed by atoms with Crippen LogP contribution in [0, 0.1) is 11.8 Å². The summed E-state index contributed by atoms with van der Waals surface area (Å²) in [5.41, 5.74) is 2.28. The summed E-state index contributed by atoms with van der Waals surface area (Å²) in [5.74, 6) is 2.97. The van der Waals surface area contributed by atoms with E-state index in [1.165, 1.54) is 43.4 Å². The molecule has 0 aliphatic heterocycles. The summed E-state index contributed by atoms with van der Waals surface area (Å²) in [6.07, 6.45) is 8.10. The van der Waals surface area contributed by atoms with Crippen LogP contribution in [0.25, 0.3) is 11.0 Å². The van der Waals surface area contributed by atoms with Gasteiger partial charge in [0.1, 0.15) is 5.82 Å². The van der Waals surface area contributed by atoms with E-state index in [-0.39, 0.29) is 0 Å². The summed E-state index contributed by atoms with van der Waals surface area (Å²) in [6.45, 7) is 2.33. The third-order valence-electron chi connectivity index (χ3n) is 4.39. The Morgan fingerprint density at radius 3 is 2.89 bits per heavy atom. The minimum Gasteiger partial charge on any atom is -0.342 e. The molecule has 0 spiro atoms. The van der Waals surface area contributed by atoms with Crippen molar-refractivity contribution >= 4 is 11.0 Å². The molecule has 0 radical (unpaired) electrons. The molecule has 2 aromatic rings. The van der Waals surface area contributed by atoms with E-state index in [0.717, 1.165) is 23.8 Å². The van der Waals surface area contributed by atoms with Crippen molar-refractivity contribution < 1.29 is 0 Å². The van der Waals surface area contributed by atoms with Crippen molar-refractivity contribution in [3.63, 3.8) is 0 Å². The van der Waals surface area contributed by atoms with Gasteiger partial charge in [-0.3, -0.25) is 0 Å². The number of hydrogen-bond donors (Lipinski definition) is 1. The quantitative estimate of drug-likeness (QED) is 0.853. The van der Waals surface area contributed by atoms with Gasteiger partial charge in [0.2, 0.25) is 0 Å². The van der Waals surface area contributed by atoms with Gasteiger partial charge in [-0.1, -0.05) is 38.3 Å². The summed E-state index contributed by atoms with van der Waals surface area (Å²) in [7, 11) is 0. The molecule has 18 heavy (non-hydrogen) atoms. The maximum Gasteiger partial charge on any atom is 0.107 e. The maximum absolute atomic E-state index is 4.70. The van der Waals surface area contributed by atoms with Gasteiger partial charge in [0, 0.05) is 6.42 Å². The highest BCUT2D eigenvalue weighted by molar-refractivity contribution is 5.74. The van der Waals surface area contributed by atoms with Gasteiger partial charge in [-0.05, 0) is 36.8 Å². The van der Waals surface area contributed by atoms with Gasteiger partial charge in [0.05, 0.1) is 11.0 Å². The van der Waals surface area contributed by atoms with E-state index in [1.807, 2.05) is 0 Å². The highest BCUT2D eigenvalue weighted by Crippen LogP contribution is 2.32. The highest BCUT2D eigenvalue weighted by Gasteiger charge is 2.21. The number of aromatic nitrogens is 2. The summed E-state index contributed by atoms with van der Waals surface area (Å²) in [6, 6.07) is 8.32. The van der Waals surface area contributed by atoms with Crippen molar-refractivity contribution in [1.29, 1.82) is 0 Å². The Morgan fingerprint density at radius 2 is 2.06 bits per heavy atom. The minimum absolute atomic E-state index is 0.837. The van der Waals surface area contributed by atoms with Crippen LogP contribution in [0.4, 0.5) is 0 Å². The highest BCUT2D eigenvalue weighted by atomic mass is 14.9. The second kappa shape index (κ2) is 5.13. The third-order valence-corrected chi connectivity index (χ3v) is 4.39. The zero-order valence-electron chi connectivity index (χ0n) is 11.2. The Labute approximate surface area is 109 Å². The zero-order chi connectivity index (χ0) is 12.4. The molecule has 0 amide bonds. The van der Waals surface area contributed by atoms with Gasteiger partial charge in [-0.2, -0.15) is 0 Å². The number of aromatic amines is 1. The van der Waals surface area contributed by atoms with Gasteiger partial charge in [-0.15, -0.1) is 0 Å². The molecule has 2 atom stereocenters. The third kappa shape index (κ3) is 2.43. The number of H-pyrrole nitrogens is 1. The lowest BCUT2D eigenvalue weighted by Crippen LogP contribution is -2.17. The molecule has 0 saturated heterocycles. The smallest absolute Gasteiger partial charge is 0.107 e. The van der Waals surface area contributed by atoms with Crippen LogP contribution in [-0.2, 0) is 6.42 Å². The lowest BCUT2D eigenvalue weighted by atomic mass is 9.79. The topological polar surface area (TPSA) is 28.7 Å². The largest absolute Gasteiger partial charge is 0.342 e. The Bertz CT molecular complexity index is 482. The fraction of sp³-hybridized carbons (Fsp3) is 0.562. The number of rotatable bonds is 3. The molecular formula is C16H22N2. The van der Waals surface area contributed by atoms with E-state index in [2.05, 4.69) is 36.2 Å². The van der Waals surface area contributed by atoms with Crippen LogP contribution in [0.3, 0.4) is 0 Å². The molecule has 1 heterocycles. The molecule has 3 rings (SSSR count). The predicted molar refractivity (Wildman–Crippen MR) is 75.5 cm³/mol. The number of fused-ring (bicyclic) bond motifs is 1. The SMILES string of the molecule is CCC1CCCC(Cc2nc3ccccc3[nH]2)C1. The van der Waals surface area contributed by atoms with Crippen molar-refractivity contribution in [2.45, 2.75) is 45.4 Å². The Balaban J connectivity index is 1.71. The maximum atomic E-state index is 4.70. The van der Waals surface area contributed by atoms with Crippen LogP contribution in [0.1, 0.15) is 44.9 Å². The Morgan fingerprint density at radius 1 is 1.22 bits per heavy atom. The van der Waals surface area contributed by atoms with Crippen LogP contribution in [0.2, 0.25) is 0 Å². The van der Waals surface area contributed by atoms with E-state index in [1.54, 1.807) is 0 Å². The summed E-state index contributed by atoms with van der Waals surface area (Å²) < 4.78 is 0. The number of imidazole rings is 1. The van der Waals surface area contributed by atoms with Gasteiger partial charge >= 0.3 is 0 Å². The number of hydrogen-bond acceptors (Lipinski definition) is 1. The molecule has 0 bridgehead atoms. The predicted octanol–water partition coefficient (Wildman–Crippen LogP) is 4.32. The molecule has 2 nitrogen and oxygen atoms in total. The molecular weight excluding hydrogens is 220 g/mol. The fourth-order valence-corrected chi connectivity index (χ4v) is 3.33. The zero-order valence-corrected chi connectivity index (χ0v) is 11.2. The van der Waals surface area contributed by atoms with Crippen LogP contribution in [0.15, 0.2) is 24.3 Å². The van der Waals surface area contributed by atoms with E-state index in [9.17, 15) is 0 Å². The average Bonchev–Trinajstić information content (AvgIpc) is 2.81. The number of benzene rings is 1. The molecule has 96 valence electrons. The summed E-state index contributed by atoms with van der Waals surface area (Å²) in [4.78, 5) is 8.17. The lowest BCUT2D eigenvalue weighted by Gasteiger charge is -2.27. The van der Waals surface area contributed by atoms with Crippen molar-refractivity contribution in [2.24, 2.45) is 11.8 Å². The minimum atomic E-state index is 0.837. The first-order valence-electron chi connectivity index (χ1n) is 7.28. The first kappa shape index (κ1) is 11.8. The first-order valence-corrected chi connectivity index (χ1v) is 7.28. The molecule has 2 unspecified atom stereocenters. The standard InChI is InChI=1S/C16H22N2/c1-2-12-6-5-7-13(10-12)11-16-17-14-8-3-4-9-15(14)18-16/h3-4,8-9,12-13H,2,5-7,10-11H2,1H3,(H,17,18). The Hall–Kier alpha value is -1.31. The number of nitrogens with one attached hydrogen (secondary N) is 1. The monoisotopic (exact) mass is 242 g/mol. The first-order chi connectivity index (χ1) is 8.85. The van der Waals surface area contributed by atoms with Gasteiger partial charge in [0.15, 0.2) is 0 Å². The molecule has 1 aromatic carbocycles. The lowest BCUT2D eigenvalue weighted by molar-refractivity contribution is 0.257. The molecule has 1 aliphatic rings. The fourth-order valence-electron chi connectivity index (χ4n) is 3.33. The van der Waals surface area contributed by atoms with Crippen molar-refractivity contribution in [2.75, 3.05) is 0 Å². The van der Waals surface area contributed by atoms with Crippen LogP contribution in [-0.4, -0.2) is 9.97 Å². The molecule has 1 N–H and O–H groups in total. The second-order valence-corrected chi connectivity index (χ2v) is 5.71. The van der Waals surface area contributed by atoms with Gasteiger partial charge in [-0.25, -0.2) is 4.98 Å². The second-order valence-electron chi connectivity index (χ2n) is 5.71. The van der Waals surface area contributed by atoms with E-state index in [4.69, 9.17) is 4.98 Å². The summed E-state index contributed by atoms with van der Waals surface area (Å²) in [5, 5.41) is 0. The molecule has 1 aromatic heterocycles. The Kier molecular flexibility index (Phi) is 3.35.